The second-order valence-corrected chi connectivity index (χ2v) is 6.13. The number of carbonyl (C=O) groups is 2. The normalized spacial score (nSPS) is 14.1. The Bertz CT molecular complexity index is 523. The molecule has 1 fully saturated rings. The van der Waals surface area contributed by atoms with E-state index in [9.17, 15) is 9.59 Å². The first-order valence-electron chi connectivity index (χ1n) is 8.64. The SMILES string of the molecule is CNCCCC(=O)N1CCN(CC(=O)NCc2ccccc2)CC1.Cl.Cl. The van der Waals surface area contributed by atoms with Gasteiger partial charge in [0.2, 0.25) is 11.8 Å². The number of nitrogens with one attached hydrogen (secondary N) is 2. The van der Waals surface area contributed by atoms with Gasteiger partial charge >= 0.3 is 0 Å². The molecule has 6 nitrogen and oxygen atoms in total. The van der Waals surface area contributed by atoms with E-state index < -0.39 is 0 Å². The summed E-state index contributed by atoms with van der Waals surface area (Å²) < 4.78 is 0. The topological polar surface area (TPSA) is 64.7 Å². The Morgan fingerprint density at radius 1 is 1.04 bits per heavy atom. The molecule has 1 aromatic rings. The van der Waals surface area contributed by atoms with Crippen molar-refractivity contribution in [1.82, 2.24) is 20.4 Å². The molecule has 1 heterocycles. The second kappa shape index (κ2) is 13.8. The molecule has 1 aromatic carbocycles. The van der Waals surface area contributed by atoms with Gasteiger partial charge in [0.15, 0.2) is 0 Å². The number of rotatable bonds is 8. The van der Waals surface area contributed by atoms with Crippen molar-refractivity contribution in [2.75, 3.05) is 46.3 Å². The Labute approximate surface area is 168 Å². The molecule has 8 heteroatoms. The van der Waals surface area contributed by atoms with Crippen molar-refractivity contribution in [3.05, 3.63) is 35.9 Å². The maximum atomic E-state index is 12.1. The van der Waals surface area contributed by atoms with Crippen LogP contribution in [0.5, 0.6) is 0 Å². The molecule has 0 saturated carbocycles. The number of amides is 2. The third kappa shape index (κ3) is 8.85. The quantitative estimate of drug-likeness (QED) is 0.640. The summed E-state index contributed by atoms with van der Waals surface area (Å²) in [6.07, 6.45) is 1.47. The lowest BCUT2D eigenvalue weighted by atomic mass is 10.2. The molecule has 2 N–H and O–H groups in total. The fourth-order valence-electron chi connectivity index (χ4n) is 2.79. The van der Waals surface area contributed by atoms with Crippen molar-refractivity contribution >= 4 is 36.6 Å². The summed E-state index contributed by atoms with van der Waals surface area (Å²) in [7, 11) is 1.89. The molecular weight excluding hydrogens is 375 g/mol. The molecule has 0 spiro atoms. The highest BCUT2D eigenvalue weighted by atomic mass is 35.5. The number of halogens is 2. The van der Waals surface area contributed by atoms with Crippen molar-refractivity contribution in [1.29, 1.82) is 0 Å². The van der Waals surface area contributed by atoms with E-state index >= 15 is 0 Å². The Hall–Kier alpha value is -1.34. The van der Waals surface area contributed by atoms with Crippen molar-refractivity contribution < 1.29 is 9.59 Å². The van der Waals surface area contributed by atoms with Crippen LogP contribution >= 0.6 is 24.8 Å². The molecule has 1 aliphatic rings. The van der Waals surface area contributed by atoms with E-state index in [1.165, 1.54) is 0 Å². The van der Waals surface area contributed by atoms with Gasteiger partial charge in [-0.05, 0) is 25.6 Å². The van der Waals surface area contributed by atoms with Crippen LogP contribution < -0.4 is 10.6 Å². The van der Waals surface area contributed by atoms with Crippen LogP contribution in [0.15, 0.2) is 30.3 Å². The molecule has 1 aliphatic heterocycles. The van der Waals surface area contributed by atoms with Crippen molar-refractivity contribution in [3.63, 3.8) is 0 Å². The second-order valence-electron chi connectivity index (χ2n) is 6.13. The lowest BCUT2D eigenvalue weighted by Crippen LogP contribution is -2.51. The van der Waals surface area contributed by atoms with Gasteiger partial charge in [-0.1, -0.05) is 30.3 Å². The fraction of sp³-hybridized carbons (Fsp3) is 0.556. The van der Waals surface area contributed by atoms with Gasteiger partial charge in [-0.2, -0.15) is 0 Å². The van der Waals surface area contributed by atoms with E-state index in [1.807, 2.05) is 42.3 Å². The molecule has 0 unspecified atom stereocenters. The zero-order valence-corrected chi connectivity index (χ0v) is 16.9. The summed E-state index contributed by atoms with van der Waals surface area (Å²) in [5.74, 6) is 0.256. The molecule has 1 saturated heterocycles. The minimum absolute atomic E-state index is 0. The van der Waals surface area contributed by atoms with Gasteiger partial charge in [0, 0.05) is 39.1 Å². The monoisotopic (exact) mass is 404 g/mol. The minimum Gasteiger partial charge on any atom is -0.351 e. The van der Waals surface area contributed by atoms with Crippen LogP contribution in [-0.2, 0) is 16.1 Å². The van der Waals surface area contributed by atoms with Gasteiger partial charge in [-0.25, -0.2) is 0 Å². The number of hydrogen-bond donors (Lipinski definition) is 2. The van der Waals surface area contributed by atoms with Gasteiger partial charge in [-0.3, -0.25) is 14.5 Å². The molecular formula is C18H30Cl2N4O2. The summed E-state index contributed by atoms with van der Waals surface area (Å²) >= 11 is 0. The van der Waals surface area contributed by atoms with Crippen molar-refractivity contribution in [2.24, 2.45) is 0 Å². The fourth-order valence-corrected chi connectivity index (χ4v) is 2.79. The maximum Gasteiger partial charge on any atom is 0.234 e. The Kier molecular flexibility index (Phi) is 13.1. The summed E-state index contributed by atoms with van der Waals surface area (Å²) in [4.78, 5) is 28.1. The molecule has 148 valence electrons. The van der Waals surface area contributed by atoms with Crippen molar-refractivity contribution in [2.45, 2.75) is 19.4 Å². The highest BCUT2D eigenvalue weighted by molar-refractivity contribution is 5.85. The molecule has 2 amide bonds. The van der Waals surface area contributed by atoms with Crippen LogP contribution in [0.25, 0.3) is 0 Å². The van der Waals surface area contributed by atoms with Gasteiger partial charge in [-0.15, -0.1) is 24.8 Å². The summed E-state index contributed by atoms with van der Waals surface area (Å²) in [5.41, 5.74) is 1.10. The van der Waals surface area contributed by atoms with Gasteiger partial charge in [0.25, 0.3) is 0 Å². The third-order valence-electron chi connectivity index (χ3n) is 4.24. The number of nitrogens with zero attached hydrogens (tertiary/aromatic N) is 2. The first kappa shape index (κ1) is 24.7. The van der Waals surface area contributed by atoms with Crippen LogP contribution in [0.2, 0.25) is 0 Å². The van der Waals surface area contributed by atoms with E-state index in [-0.39, 0.29) is 36.6 Å². The minimum atomic E-state index is 0. The highest BCUT2D eigenvalue weighted by Gasteiger charge is 2.21. The average Bonchev–Trinajstić information content (AvgIpc) is 2.61. The highest BCUT2D eigenvalue weighted by Crippen LogP contribution is 2.05. The first-order valence-corrected chi connectivity index (χ1v) is 8.64. The van der Waals surface area contributed by atoms with E-state index in [2.05, 4.69) is 15.5 Å². The van der Waals surface area contributed by atoms with Crippen LogP contribution in [0.4, 0.5) is 0 Å². The van der Waals surface area contributed by atoms with E-state index in [1.54, 1.807) is 0 Å². The number of benzene rings is 1. The Morgan fingerprint density at radius 2 is 1.69 bits per heavy atom. The molecule has 0 atom stereocenters. The molecule has 0 aromatic heterocycles. The summed E-state index contributed by atoms with van der Waals surface area (Å²) in [6.45, 7) is 4.77. The molecule has 2 rings (SSSR count). The van der Waals surface area contributed by atoms with Gasteiger partial charge in [0.1, 0.15) is 0 Å². The van der Waals surface area contributed by atoms with Crippen molar-refractivity contribution in [3.8, 4) is 0 Å². The largest absolute Gasteiger partial charge is 0.351 e. The Balaban J connectivity index is 0.00000312. The average molecular weight is 405 g/mol. The summed E-state index contributed by atoms with van der Waals surface area (Å²) in [5, 5.41) is 6.00. The predicted molar refractivity (Wildman–Crippen MR) is 109 cm³/mol. The smallest absolute Gasteiger partial charge is 0.234 e. The number of carbonyl (C=O) groups excluding carboxylic acids is 2. The summed E-state index contributed by atoms with van der Waals surface area (Å²) in [6, 6.07) is 9.89. The van der Waals surface area contributed by atoms with E-state index in [4.69, 9.17) is 0 Å². The zero-order chi connectivity index (χ0) is 17.2. The standard InChI is InChI=1S/C18H28N4O2.2ClH/c1-19-9-5-8-18(24)22-12-10-21(11-13-22)15-17(23)20-14-16-6-3-2-4-7-16;;/h2-4,6-7,19H,5,8-15H2,1H3,(H,20,23);2*1H. The molecule has 0 aliphatic carbocycles. The van der Waals surface area contributed by atoms with Crippen LogP contribution in [0, 0.1) is 0 Å². The van der Waals surface area contributed by atoms with Crippen LogP contribution in [0.3, 0.4) is 0 Å². The van der Waals surface area contributed by atoms with Gasteiger partial charge in [0.05, 0.1) is 6.54 Å². The number of hydrogen-bond acceptors (Lipinski definition) is 4. The molecule has 26 heavy (non-hydrogen) atoms. The van der Waals surface area contributed by atoms with Gasteiger partial charge < -0.3 is 15.5 Å². The van der Waals surface area contributed by atoms with Crippen LogP contribution in [0.1, 0.15) is 18.4 Å². The van der Waals surface area contributed by atoms with Crippen LogP contribution in [-0.4, -0.2) is 67.9 Å². The third-order valence-corrected chi connectivity index (χ3v) is 4.24. The predicted octanol–water partition coefficient (Wildman–Crippen LogP) is 1.29. The molecule has 0 radical (unpaired) electrons. The number of piperazine rings is 1. The molecule has 0 bridgehead atoms. The van der Waals surface area contributed by atoms with E-state index in [0.29, 0.717) is 32.6 Å². The van der Waals surface area contributed by atoms with E-state index in [0.717, 1.165) is 31.6 Å². The first-order chi connectivity index (χ1) is 11.7. The lowest BCUT2D eigenvalue weighted by Gasteiger charge is -2.34. The lowest BCUT2D eigenvalue weighted by molar-refractivity contribution is -0.133. The maximum absolute atomic E-state index is 12.1. The Morgan fingerprint density at radius 3 is 2.31 bits per heavy atom. The zero-order valence-electron chi connectivity index (χ0n) is 15.3.